The van der Waals surface area contributed by atoms with Crippen LogP contribution in [0.2, 0.25) is 0 Å². The third-order valence-corrected chi connectivity index (χ3v) is 8.62. The molecule has 0 saturated carbocycles. The van der Waals surface area contributed by atoms with Gasteiger partial charge in [0.05, 0.1) is 6.61 Å². The number of ether oxygens (including phenoxy) is 2. The highest BCUT2D eigenvalue weighted by Crippen LogP contribution is 2.36. The Morgan fingerprint density at radius 3 is 1.46 bits per heavy atom. The molecule has 0 fully saturated rings. The molecule has 0 saturated heterocycles. The van der Waals surface area contributed by atoms with Crippen LogP contribution in [0.25, 0.3) is 0 Å². The van der Waals surface area contributed by atoms with E-state index in [1.165, 1.54) is 70.6 Å². The Kier molecular flexibility index (Phi) is 33.8. The van der Waals surface area contributed by atoms with E-state index in [-0.39, 0.29) is 19.4 Å². The summed E-state index contributed by atoms with van der Waals surface area (Å²) in [6, 6.07) is 0. The van der Waals surface area contributed by atoms with Crippen molar-refractivity contribution in [2.75, 3.05) is 13.2 Å². The normalized spacial score (nSPS) is 12.8. The van der Waals surface area contributed by atoms with Crippen molar-refractivity contribution in [2.24, 2.45) is 0 Å². The van der Waals surface area contributed by atoms with Gasteiger partial charge < -0.3 is 19.3 Å². The fraction of sp³-hybridized carbons (Fsp3) is 0.795. The molecule has 0 radical (unpaired) electrons. The summed E-state index contributed by atoms with van der Waals surface area (Å²) in [6.45, 7) is 3.60. The van der Waals surface area contributed by atoms with Crippen molar-refractivity contribution in [3.8, 4) is 0 Å². The van der Waals surface area contributed by atoms with E-state index in [9.17, 15) is 14.2 Å². The van der Waals surface area contributed by atoms with Crippen molar-refractivity contribution in [3.05, 3.63) is 36.5 Å². The van der Waals surface area contributed by atoms with Gasteiger partial charge in [0.1, 0.15) is 6.61 Å². The zero-order valence-corrected chi connectivity index (χ0v) is 31.5. The Balaban J connectivity index is 3.92. The number of unbranched alkanes of at least 4 members (excludes halogenated alkanes) is 19. The van der Waals surface area contributed by atoms with E-state index in [1.54, 1.807) is 0 Å². The molecule has 0 aromatic heterocycles. The topological polar surface area (TPSA) is 119 Å². The number of carbonyl (C=O) groups excluding carboxylic acids is 2. The number of rotatable bonds is 35. The molecule has 48 heavy (non-hydrogen) atoms. The first-order chi connectivity index (χ1) is 23.3. The van der Waals surface area contributed by atoms with E-state index >= 15 is 0 Å². The van der Waals surface area contributed by atoms with Gasteiger partial charge >= 0.3 is 19.8 Å². The number of phosphoric ester groups is 1. The Morgan fingerprint density at radius 1 is 0.542 bits per heavy atom. The van der Waals surface area contributed by atoms with E-state index in [0.29, 0.717) is 6.42 Å². The van der Waals surface area contributed by atoms with Crippen LogP contribution in [0, 0.1) is 0 Å². The highest BCUT2D eigenvalue weighted by atomic mass is 31.2. The summed E-state index contributed by atoms with van der Waals surface area (Å²) in [5, 5.41) is 0. The standard InChI is InChI=1S/C39H71O8P/c1-3-5-7-9-11-13-15-16-17-18-19-20-21-22-24-25-27-29-31-33-38(40)45-35-37(36-46-48(42,43)44)47-39(41)34-32-30-28-26-23-14-12-10-8-6-4-2/h10-13,16-17,37H,3-9,14-15,18-36H2,1-2H3,(H2,42,43,44)/b12-10-,13-11-,17-16-/t37-/m1/s1. The van der Waals surface area contributed by atoms with Gasteiger partial charge in [-0.15, -0.1) is 0 Å². The minimum atomic E-state index is -4.75. The second kappa shape index (κ2) is 35.1. The van der Waals surface area contributed by atoms with Crippen LogP contribution < -0.4 is 0 Å². The van der Waals surface area contributed by atoms with Crippen LogP contribution in [0.4, 0.5) is 0 Å². The third-order valence-electron chi connectivity index (χ3n) is 8.13. The van der Waals surface area contributed by atoms with E-state index in [0.717, 1.165) is 77.0 Å². The molecule has 0 rings (SSSR count). The summed E-state index contributed by atoms with van der Waals surface area (Å²) >= 11 is 0. The maximum Gasteiger partial charge on any atom is 0.469 e. The maximum atomic E-state index is 12.3. The van der Waals surface area contributed by atoms with Gasteiger partial charge in [0.15, 0.2) is 6.10 Å². The zero-order valence-electron chi connectivity index (χ0n) is 30.6. The van der Waals surface area contributed by atoms with E-state index in [1.807, 2.05) is 0 Å². The van der Waals surface area contributed by atoms with Gasteiger partial charge in [-0.3, -0.25) is 14.1 Å². The van der Waals surface area contributed by atoms with Crippen molar-refractivity contribution in [1.82, 2.24) is 0 Å². The lowest BCUT2D eigenvalue weighted by atomic mass is 10.1. The highest BCUT2D eigenvalue weighted by Gasteiger charge is 2.22. The minimum absolute atomic E-state index is 0.200. The molecule has 280 valence electrons. The molecule has 1 atom stereocenters. The molecule has 0 aliphatic carbocycles. The van der Waals surface area contributed by atoms with Crippen LogP contribution in [-0.4, -0.2) is 41.0 Å². The van der Waals surface area contributed by atoms with Crippen molar-refractivity contribution in [2.45, 2.75) is 187 Å². The monoisotopic (exact) mass is 698 g/mol. The minimum Gasteiger partial charge on any atom is -0.462 e. The quantitative estimate of drug-likeness (QED) is 0.0290. The molecule has 0 unspecified atom stereocenters. The lowest BCUT2D eigenvalue weighted by molar-refractivity contribution is -0.161. The van der Waals surface area contributed by atoms with Crippen LogP contribution in [0.3, 0.4) is 0 Å². The maximum absolute atomic E-state index is 12.3. The predicted molar refractivity (Wildman–Crippen MR) is 198 cm³/mol. The molecular weight excluding hydrogens is 627 g/mol. The SMILES string of the molecule is CCCC/C=C\CCCCCCCC(=O)O[C@H](COC(=O)CCCCCCCCCCC/C=C\C/C=C\CCCCC)COP(=O)(O)O. The van der Waals surface area contributed by atoms with Gasteiger partial charge in [-0.05, 0) is 64.2 Å². The molecule has 0 bridgehead atoms. The van der Waals surface area contributed by atoms with Crippen LogP contribution in [0.1, 0.15) is 181 Å². The molecular formula is C39H71O8P. The molecule has 0 heterocycles. The second-order valence-electron chi connectivity index (χ2n) is 12.9. The average Bonchev–Trinajstić information content (AvgIpc) is 3.05. The Morgan fingerprint density at radius 2 is 0.958 bits per heavy atom. The number of hydrogen-bond donors (Lipinski definition) is 2. The number of allylic oxidation sites excluding steroid dienone is 6. The lowest BCUT2D eigenvalue weighted by Gasteiger charge is -2.18. The van der Waals surface area contributed by atoms with Gasteiger partial charge in [0, 0.05) is 12.8 Å². The summed E-state index contributed by atoms with van der Waals surface area (Å²) in [5.41, 5.74) is 0. The first-order valence-electron chi connectivity index (χ1n) is 19.3. The van der Waals surface area contributed by atoms with E-state index < -0.39 is 32.5 Å². The third kappa shape index (κ3) is 37.1. The molecule has 0 aromatic rings. The van der Waals surface area contributed by atoms with Crippen molar-refractivity contribution < 1.29 is 37.9 Å². The van der Waals surface area contributed by atoms with Gasteiger partial charge in [-0.25, -0.2) is 4.57 Å². The van der Waals surface area contributed by atoms with Crippen molar-refractivity contribution in [3.63, 3.8) is 0 Å². The molecule has 0 aliphatic heterocycles. The Labute approximate surface area is 293 Å². The highest BCUT2D eigenvalue weighted by molar-refractivity contribution is 7.46. The zero-order chi connectivity index (χ0) is 35.4. The summed E-state index contributed by atoms with van der Waals surface area (Å²) in [7, 11) is -4.75. The number of hydrogen-bond acceptors (Lipinski definition) is 6. The number of carbonyl (C=O) groups is 2. The van der Waals surface area contributed by atoms with Gasteiger partial charge in [0.2, 0.25) is 0 Å². The smallest absolute Gasteiger partial charge is 0.462 e. The summed E-state index contributed by atoms with van der Waals surface area (Å²) in [5.74, 6) is -0.901. The van der Waals surface area contributed by atoms with Crippen molar-refractivity contribution in [1.29, 1.82) is 0 Å². The predicted octanol–water partition coefficient (Wildman–Crippen LogP) is 11.4. The molecule has 0 spiro atoms. The fourth-order valence-electron chi connectivity index (χ4n) is 5.21. The molecule has 0 amide bonds. The molecule has 9 heteroatoms. The van der Waals surface area contributed by atoms with Crippen molar-refractivity contribution >= 4 is 19.8 Å². The van der Waals surface area contributed by atoms with Crippen LogP contribution in [0.15, 0.2) is 36.5 Å². The average molecular weight is 699 g/mol. The summed E-state index contributed by atoms with van der Waals surface area (Å²) in [4.78, 5) is 42.7. The summed E-state index contributed by atoms with van der Waals surface area (Å²) < 4.78 is 26.3. The van der Waals surface area contributed by atoms with Gasteiger partial charge in [0.25, 0.3) is 0 Å². The van der Waals surface area contributed by atoms with Crippen LogP contribution >= 0.6 is 7.82 Å². The first kappa shape index (κ1) is 46.3. The first-order valence-corrected chi connectivity index (χ1v) is 20.8. The Bertz CT molecular complexity index is 879. The second-order valence-corrected chi connectivity index (χ2v) is 14.1. The fourth-order valence-corrected chi connectivity index (χ4v) is 5.57. The van der Waals surface area contributed by atoms with Gasteiger partial charge in [-0.2, -0.15) is 0 Å². The Hall–Kier alpha value is -1.73. The molecule has 2 N–H and O–H groups in total. The molecule has 0 aliphatic rings. The van der Waals surface area contributed by atoms with E-state index in [4.69, 9.17) is 19.3 Å². The van der Waals surface area contributed by atoms with E-state index in [2.05, 4.69) is 54.8 Å². The largest absolute Gasteiger partial charge is 0.469 e. The number of esters is 2. The van der Waals surface area contributed by atoms with Crippen LogP contribution in [-0.2, 0) is 28.2 Å². The molecule has 8 nitrogen and oxygen atoms in total. The summed E-state index contributed by atoms with van der Waals surface area (Å²) in [6.07, 6.45) is 40.1. The van der Waals surface area contributed by atoms with Gasteiger partial charge in [-0.1, -0.05) is 140 Å². The lowest BCUT2D eigenvalue weighted by Crippen LogP contribution is -2.29. The number of phosphoric acid groups is 1. The van der Waals surface area contributed by atoms with Crippen LogP contribution in [0.5, 0.6) is 0 Å². The molecule has 0 aromatic carbocycles.